The van der Waals surface area contributed by atoms with E-state index in [4.69, 9.17) is 38.4 Å². The van der Waals surface area contributed by atoms with Crippen LogP contribution in [0.2, 0.25) is 10.0 Å². The van der Waals surface area contributed by atoms with Crippen LogP contribution in [0.25, 0.3) is 0 Å². The summed E-state index contributed by atoms with van der Waals surface area (Å²) in [6.07, 6.45) is 6.82. The molecule has 1 aromatic carbocycles. The molecule has 0 spiro atoms. The molecule has 1 amide bonds. The average molecular weight is 427 g/mol. The number of fused-ring (bicyclic) bond motifs is 1. The van der Waals surface area contributed by atoms with Crippen molar-refractivity contribution in [2.75, 3.05) is 20.8 Å². The first-order valence-corrected chi connectivity index (χ1v) is 9.11. The van der Waals surface area contributed by atoms with Crippen LogP contribution in [0, 0.1) is 0 Å². The van der Waals surface area contributed by atoms with Crippen molar-refractivity contribution in [3.63, 3.8) is 0 Å². The Morgan fingerprint density at radius 3 is 2.25 bits per heavy atom. The van der Waals surface area contributed by atoms with Gasteiger partial charge >= 0.3 is 0 Å². The molecular formula is C20H21Cl2FN2O3. The van der Waals surface area contributed by atoms with E-state index in [0.717, 1.165) is 23.4 Å². The summed E-state index contributed by atoms with van der Waals surface area (Å²) >= 11 is 12.9. The first kappa shape index (κ1) is 21.9. The molecular weight excluding hydrogens is 406 g/mol. The third-order valence-electron chi connectivity index (χ3n) is 4.26. The number of hydrogen-bond donors (Lipinski definition) is 1. The molecule has 2 rings (SSSR count). The number of halogens is 3. The maximum Gasteiger partial charge on any atom is 0.246 e. The van der Waals surface area contributed by atoms with E-state index in [9.17, 15) is 9.18 Å². The van der Waals surface area contributed by atoms with Crippen LogP contribution in [-0.2, 0) is 17.8 Å². The van der Waals surface area contributed by atoms with Gasteiger partial charge in [0.15, 0.2) is 11.5 Å². The maximum atomic E-state index is 13.0. The van der Waals surface area contributed by atoms with E-state index in [1.165, 1.54) is 32.4 Å². The van der Waals surface area contributed by atoms with E-state index in [1.54, 1.807) is 4.90 Å². The summed E-state index contributed by atoms with van der Waals surface area (Å²) in [7, 11) is 2.97. The Bertz CT molecular complexity index is 879. The molecule has 5 nitrogen and oxygen atoms in total. The minimum Gasteiger partial charge on any atom is -0.491 e. The van der Waals surface area contributed by atoms with Crippen LogP contribution in [0.1, 0.15) is 11.1 Å². The van der Waals surface area contributed by atoms with E-state index in [-0.39, 0.29) is 12.5 Å². The fourth-order valence-electron chi connectivity index (χ4n) is 2.81. The minimum atomic E-state index is -0.593. The summed E-state index contributed by atoms with van der Waals surface area (Å²) < 4.78 is 23.6. The Kier molecular flexibility index (Phi) is 7.54. The van der Waals surface area contributed by atoms with Gasteiger partial charge in [0, 0.05) is 25.4 Å². The van der Waals surface area contributed by atoms with E-state index >= 15 is 0 Å². The van der Waals surface area contributed by atoms with Gasteiger partial charge in [-0.2, -0.15) is 0 Å². The number of allylic oxidation sites excluding steroid dienone is 5. The molecule has 1 aromatic rings. The molecule has 0 aromatic heterocycles. The number of ether oxygens (including phenoxy) is 2. The Labute approximate surface area is 173 Å². The number of carbonyl (C=O) groups excluding carboxylic acids is 1. The van der Waals surface area contributed by atoms with E-state index < -0.39 is 5.83 Å². The molecule has 2 N–H and O–H groups in total. The van der Waals surface area contributed by atoms with Crippen molar-refractivity contribution < 1.29 is 18.7 Å². The second-order valence-electron chi connectivity index (χ2n) is 5.95. The molecule has 0 unspecified atom stereocenters. The van der Waals surface area contributed by atoms with Crippen LogP contribution >= 0.6 is 23.2 Å². The Morgan fingerprint density at radius 1 is 1.11 bits per heavy atom. The summed E-state index contributed by atoms with van der Waals surface area (Å²) in [5.74, 6) is -0.0953. The Hall–Kier alpha value is -2.44. The molecule has 0 saturated heterocycles. The molecule has 0 bridgehead atoms. The lowest BCUT2D eigenvalue weighted by Crippen LogP contribution is -2.35. The van der Waals surface area contributed by atoms with Crippen molar-refractivity contribution in [2.45, 2.75) is 13.0 Å². The number of hydrogen-bond acceptors (Lipinski definition) is 4. The first-order chi connectivity index (χ1) is 13.3. The molecule has 1 heterocycles. The predicted molar refractivity (Wildman–Crippen MR) is 109 cm³/mol. The highest BCUT2D eigenvalue weighted by Gasteiger charge is 2.29. The van der Waals surface area contributed by atoms with Gasteiger partial charge < -0.3 is 20.1 Å². The third-order valence-corrected chi connectivity index (χ3v) is 5.06. The van der Waals surface area contributed by atoms with Gasteiger partial charge in [0.1, 0.15) is 5.83 Å². The van der Waals surface area contributed by atoms with Gasteiger partial charge in [-0.3, -0.25) is 4.79 Å². The van der Waals surface area contributed by atoms with E-state index in [0.29, 0.717) is 40.1 Å². The van der Waals surface area contributed by atoms with Gasteiger partial charge in [0.2, 0.25) is 5.91 Å². The van der Waals surface area contributed by atoms with Gasteiger partial charge in [-0.15, -0.1) is 0 Å². The number of carbonyl (C=O) groups is 1. The quantitative estimate of drug-likeness (QED) is 0.542. The molecule has 1 aliphatic rings. The zero-order valence-corrected chi connectivity index (χ0v) is 17.1. The average Bonchev–Trinajstić information content (AvgIpc) is 2.71. The fraction of sp³-hybridized carbons (Fsp3) is 0.250. The highest BCUT2D eigenvalue weighted by atomic mass is 35.5. The number of methoxy groups -OCH3 is 2. The van der Waals surface area contributed by atoms with Crippen molar-refractivity contribution in [3.05, 3.63) is 69.7 Å². The number of benzene rings is 1. The normalized spacial score (nSPS) is 14.5. The molecule has 0 saturated carbocycles. The summed E-state index contributed by atoms with van der Waals surface area (Å²) in [4.78, 5) is 14.1. The lowest BCUT2D eigenvalue weighted by atomic mass is 9.98. The SMILES string of the molecule is C=C(/C=C\C(F)=C/N)/C=C/C(=O)N1CCc2c(Cl)c(OC)c(OC)c(Cl)c2C1. The maximum absolute atomic E-state index is 13.0. The zero-order chi connectivity index (χ0) is 20.8. The third kappa shape index (κ3) is 4.69. The van der Waals surface area contributed by atoms with Crippen LogP contribution in [-0.4, -0.2) is 31.6 Å². The van der Waals surface area contributed by atoms with Crippen molar-refractivity contribution >= 4 is 29.1 Å². The Balaban J connectivity index is 2.20. The lowest BCUT2D eigenvalue weighted by molar-refractivity contribution is -0.126. The lowest BCUT2D eigenvalue weighted by Gasteiger charge is -2.30. The number of amides is 1. The summed E-state index contributed by atoms with van der Waals surface area (Å²) in [6, 6.07) is 0. The van der Waals surface area contributed by atoms with Gasteiger partial charge in [-0.1, -0.05) is 41.9 Å². The smallest absolute Gasteiger partial charge is 0.246 e. The standard InChI is InChI=1S/C20H21Cl2FN2O3/c1-12(4-6-13(23)10-24)5-7-16(26)25-9-8-14-15(11-25)18(22)20(28-3)19(27-2)17(14)21/h4-7,10H,1,8-9,11,24H2,2-3H3/b6-4-,7-5+,13-10+. The number of rotatable bonds is 6. The van der Waals surface area contributed by atoms with E-state index in [1.807, 2.05) is 0 Å². The zero-order valence-electron chi connectivity index (χ0n) is 15.6. The second-order valence-corrected chi connectivity index (χ2v) is 6.71. The topological polar surface area (TPSA) is 64.8 Å². The molecule has 0 radical (unpaired) electrons. The van der Waals surface area contributed by atoms with Crippen LogP contribution < -0.4 is 15.2 Å². The number of nitrogens with zero attached hydrogens (tertiary/aromatic N) is 1. The molecule has 0 aliphatic carbocycles. The summed E-state index contributed by atoms with van der Waals surface area (Å²) in [5, 5.41) is 0.812. The van der Waals surface area contributed by atoms with Crippen LogP contribution in [0.4, 0.5) is 4.39 Å². The largest absolute Gasteiger partial charge is 0.491 e. The second kappa shape index (κ2) is 9.66. The molecule has 0 atom stereocenters. The van der Waals surface area contributed by atoms with Crippen LogP contribution in [0.15, 0.2) is 48.5 Å². The van der Waals surface area contributed by atoms with Crippen LogP contribution in [0.5, 0.6) is 11.5 Å². The molecule has 28 heavy (non-hydrogen) atoms. The predicted octanol–water partition coefficient (Wildman–Crippen LogP) is 4.33. The van der Waals surface area contributed by atoms with Crippen LogP contribution in [0.3, 0.4) is 0 Å². The molecule has 150 valence electrons. The van der Waals surface area contributed by atoms with Gasteiger partial charge in [0.25, 0.3) is 0 Å². The summed E-state index contributed by atoms with van der Waals surface area (Å²) in [5.41, 5.74) is 7.07. The van der Waals surface area contributed by atoms with Crippen molar-refractivity contribution in [1.82, 2.24) is 4.90 Å². The van der Waals surface area contributed by atoms with Gasteiger partial charge in [-0.05, 0) is 29.2 Å². The molecule has 8 heteroatoms. The van der Waals surface area contributed by atoms with Gasteiger partial charge in [0.05, 0.1) is 24.3 Å². The molecule has 1 aliphatic heterocycles. The Morgan fingerprint density at radius 2 is 1.68 bits per heavy atom. The van der Waals surface area contributed by atoms with Crippen molar-refractivity contribution in [3.8, 4) is 11.5 Å². The van der Waals surface area contributed by atoms with Gasteiger partial charge in [-0.25, -0.2) is 4.39 Å². The highest BCUT2D eigenvalue weighted by Crippen LogP contribution is 2.47. The summed E-state index contributed by atoms with van der Waals surface area (Å²) in [6.45, 7) is 4.48. The minimum absolute atomic E-state index is 0.225. The number of nitrogens with two attached hydrogens (primary N) is 1. The first-order valence-electron chi connectivity index (χ1n) is 8.36. The fourth-order valence-corrected chi connectivity index (χ4v) is 3.52. The van der Waals surface area contributed by atoms with Crippen molar-refractivity contribution in [2.24, 2.45) is 5.73 Å². The van der Waals surface area contributed by atoms with E-state index in [2.05, 4.69) is 6.58 Å². The molecule has 0 fully saturated rings. The van der Waals surface area contributed by atoms with Crippen molar-refractivity contribution in [1.29, 1.82) is 0 Å². The highest BCUT2D eigenvalue weighted by molar-refractivity contribution is 6.37. The monoisotopic (exact) mass is 426 g/mol.